The smallest absolute Gasteiger partial charge is 0.283 e. The van der Waals surface area contributed by atoms with Crippen molar-refractivity contribution in [2.45, 2.75) is 52.6 Å². The normalized spacial score (nSPS) is 16.2. The molecule has 23 heavy (non-hydrogen) atoms. The Morgan fingerprint density at radius 1 is 1.17 bits per heavy atom. The van der Waals surface area contributed by atoms with Gasteiger partial charge < -0.3 is 4.42 Å². The zero-order chi connectivity index (χ0) is 15.6. The van der Waals surface area contributed by atoms with Gasteiger partial charge in [0.05, 0.1) is 0 Å². The Bertz CT molecular complexity index is 812. The van der Waals surface area contributed by atoms with E-state index in [2.05, 4.69) is 25.1 Å². The molecule has 0 saturated heterocycles. The van der Waals surface area contributed by atoms with Crippen LogP contribution in [0, 0.1) is 0 Å². The standard InChI is InChI=1S/C14H15N5OS3/c1-21-14-17-10-9(22-14)12(16-7-15-10)23-13-19-18-11(20-13)8-5-3-2-4-6-8/h7-8H,2-6H2,1H3. The van der Waals surface area contributed by atoms with Gasteiger partial charge in [-0.15, -0.1) is 21.5 Å². The van der Waals surface area contributed by atoms with Crippen molar-refractivity contribution in [2.24, 2.45) is 0 Å². The van der Waals surface area contributed by atoms with E-state index >= 15 is 0 Å². The second kappa shape index (κ2) is 6.74. The zero-order valence-corrected chi connectivity index (χ0v) is 15.0. The van der Waals surface area contributed by atoms with E-state index in [1.165, 1.54) is 37.4 Å². The number of fused-ring (bicyclic) bond motifs is 1. The quantitative estimate of drug-likeness (QED) is 0.497. The van der Waals surface area contributed by atoms with Gasteiger partial charge >= 0.3 is 0 Å². The van der Waals surface area contributed by atoms with Crippen molar-refractivity contribution in [3.63, 3.8) is 0 Å². The molecule has 1 fully saturated rings. The first-order valence-corrected chi connectivity index (χ1v) is 10.4. The Morgan fingerprint density at radius 3 is 2.87 bits per heavy atom. The molecule has 3 aromatic rings. The van der Waals surface area contributed by atoms with Crippen LogP contribution in [0.2, 0.25) is 0 Å². The highest BCUT2D eigenvalue weighted by molar-refractivity contribution is 8.00. The summed E-state index contributed by atoms with van der Waals surface area (Å²) in [5.41, 5.74) is 0.726. The van der Waals surface area contributed by atoms with Crippen LogP contribution in [0.3, 0.4) is 0 Å². The third kappa shape index (κ3) is 3.22. The summed E-state index contributed by atoms with van der Waals surface area (Å²) >= 11 is 4.60. The highest BCUT2D eigenvalue weighted by Gasteiger charge is 2.22. The van der Waals surface area contributed by atoms with Gasteiger partial charge in [-0.3, -0.25) is 0 Å². The highest BCUT2D eigenvalue weighted by Crippen LogP contribution is 2.37. The lowest BCUT2D eigenvalue weighted by molar-refractivity contribution is 0.334. The molecular formula is C14H15N5OS3. The monoisotopic (exact) mass is 365 g/mol. The minimum atomic E-state index is 0.419. The second-order valence-corrected chi connectivity index (χ2v) is 8.35. The van der Waals surface area contributed by atoms with E-state index in [0.717, 1.165) is 38.4 Å². The van der Waals surface area contributed by atoms with Crippen LogP contribution in [0.5, 0.6) is 0 Å². The number of thioether (sulfide) groups is 1. The number of hydrogen-bond donors (Lipinski definition) is 0. The molecule has 1 saturated carbocycles. The van der Waals surface area contributed by atoms with Crippen molar-refractivity contribution in [3.8, 4) is 0 Å². The van der Waals surface area contributed by atoms with Crippen LogP contribution in [-0.2, 0) is 0 Å². The van der Waals surface area contributed by atoms with E-state index in [-0.39, 0.29) is 0 Å². The van der Waals surface area contributed by atoms with Gasteiger partial charge in [0.2, 0.25) is 5.89 Å². The predicted octanol–water partition coefficient (Wildman–Crippen LogP) is 4.39. The number of nitrogens with zero attached hydrogens (tertiary/aromatic N) is 5. The molecule has 0 amide bonds. The summed E-state index contributed by atoms with van der Waals surface area (Å²) < 4.78 is 7.82. The van der Waals surface area contributed by atoms with E-state index in [4.69, 9.17) is 4.42 Å². The SMILES string of the molecule is CSc1nc2ncnc(Sc3nnc(C4CCCCC4)o3)c2s1. The molecule has 3 aromatic heterocycles. The molecule has 0 N–H and O–H groups in total. The fourth-order valence-electron chi connectivity index (χ4n) is 2.73. The molecule has 9 heteroatoms. The summed E-state index contributed by atoms with van der Waals surface area (Å²) in [4.78, 5) is 13.0. The van der Waals surface area contributed by atoms with Crippen LogP contribution in [0.4, 0.5) is 0 Å². The topological polar surface area (TPSA) is 77.6 Å². The Kier molecular flexibility index (Phi) is 4.50. The van der Waals surface area contributed by atoms with E-state index in [1.54, 1.807) is 23.1 Å². The maximum Gasteiger partial charge on any atom is 0.283 e. The van der Waals surface area contributed by atoms with E-state index in [1.807, 2.05) is 6.26 Å². The first-order valence-electron chi connectivity index (χ1n) is 7.50. The zero-order valence-electron chi connectivity index (χ0n) is 12.6. The molecule has 0 radical (unpaired) electrons. The first kappa shape index (κ1) is 15.3. The average molecular weight is 366 g/mol. The van der Waals surface area contributed by atoms with Crippen LogP contribution in [0.1, 0.15) is 43.9 Å². The number of aromatic nitrogens is 5. The molecule has 0 spiro atoms. The first-order chi connectivity index (χ1) is 11.3. The summed E-state index contributed by atoms with van der Waals surface area (Å²) in [6, 6.07) is 0. The minimum absolute atomic E-state index is 0.419. The lowest BCUT2D eigenvalue weighted by atomic mass is 9.89. The summed E-state index contributed by atoms with van der Waals surface area (Å²) in [7, 11) is 0. The molecule has 6 nitrogen and oxygen atoms in total. The fourth-order valence-corrected chi connectivity index (χ4v) is 5.04. The van der Waals surface area contributed by atoms with Crippen LogP contribution < -0.4 is 0 Å². The Balaban J connectivity index is 1.58. The summed E-state index contributed by atoms with van der Waals surface area (Å²) in [5, 5.41) is 9.80. The fraction of sp³-hybridized carbons (Fsp3) is 0.500. The van der Waals surface area contributed by atoms with Crippen LogP contribution in [0.25, 0.3) is 10.3 Å². The summed E-state index contributed by atoms with van der Waals surface area (Å²) in [6.07, 6.45) is 9.65. The van der Waals surface area contributed by atoms with E-state index in [9.17, 15) is 0 Å². The van der Waals surface area contributed by atoms with E-state index < -0.39 is 0 Å². The lowest BCUT2D eigenvalue weighted by Crippen LogP contribution is -2.04. The molecule has 4 rings (SSSR count). The molecule has 0 unspecified atom stereocenters. The second-order valence-electron chi connectivity index (χ2n) is 5.36. The van der Waals surface area contributed by atoms with Crippen molar-refractivity contribution in [2.75, 3.05) is 6.26 Å². The summed E-state index contributed by atoms with van der Waals surface area (Å²) in [6.45, 7) is 0. The van der Waals surface area contributed by atoms with Gasteiger partial charge in [-0.2, -0.15) is 0 Å². The van der Waals surface area contributed by atoms with Gasteiger partial charge in [-0.05, 0) is 30.9 Å². The largest absolute Gasteiger partial charge is 0.415 e. The van der Waals surface area contributed by atoms with Crippen molar-refractivity contribution in [1.82, 2.24) is 25.1 Å². The highest BCUT2D eigenvalue weighted by atomic mass is 32.2. The Hall–Kier alpha value is -1.19. The molecule has 3 heterocycles. The van der Waals surface area contributed by atoms with Crippen molar-refractivity contribution in [3.05, 3.63) is 12.2 Å². The molecule has 0 aromatic carbocycles. The lowest BCUT2D eigenvalue weighted by Gasteiger charge is -2.17. The molecule has 0 aliphatic heterocycles. The molecule has 0 atom stereocenters. The van der Waals surface area contributed by atoms with Gasteiger partial charge in [-0.1, -0.05) is 31.0 Å². The molecule has 1 aliphatic rings. The average Bonchev–Trinajstić information content (AvgIpc) is 3.22. The molecule has 0 bridgehead atoms. The third-order valence-corrected chi connectivity index (χ3v) is 6.88. The molecule has 1 aliphatic carbocycles. The van der Waals surface area contributed by atoms with Crippen molar-refractivity contribution in [1.29, 1.82) is 0 Å². The summed E-state index contributed by atoms with van der Waals surface area (Å²) in [5.74, 6) is 1.19. The van der Waals surface area contributed by atoms with Gasteiger partial charge in [0, 0.05) is 5.92 Å². The van der Waals surface area contributed by atoms with Crippen molar-refractivity contribution < 1.29 is 4.42 Å². The van der Waals surface area contributed by atoms with Gasteiger partial charge in [0.25, 0.3) is 5.22 Å². The number of hydrogen-bond acceptors (Lipinski definition) is 9. The van der Waals surface area contributed by atoms with Crippen molar-refractivity contribution >= 4 is 45.2 Å². The van der Waals surface area contributed by atoms with Crippen LogP contribution in [-0.4, -0.2) is 31.4 Å². The maximum absolute atomic E-state index is 5.87. The molecule has 120 valence electrons. The van der Waals surface area contributed by atoms with E-state index in [0.29, 0.717) is 11.1 Å². The van der Waals surface area contributed by atoms with Crippen LogP contribution >= 0.6 is 34.9 Å². The minimum Gasteiger partial charge on any atom is -0.415 e. The Labute approximate surface area is 145 Å². The van der Waals surface area contributed by atoms with Crippen LogP contribution in [0.15, 0.2) is 25.3 Å². The van der Waals surface area contributed by atoms with Gasteiger partial charge in [0.15, 0.2) is 9.99 Å². The maximum atomic E-state index is 5.87. The third-order valence-electron chi connectivity index (χ3n) is 3.87. The number of rotatable bonds is 4. The molecular weight excluding hydrogens is 350 g/mol. The Morgan fingerprint density at radius 2 is 2.04 bits per heavy atom. The van der Waals surface area contributed by atoms with Gasteiger partial charge in [0.1, 0.15) is 16.1 Å². The van der Waals surface area contributed by atoms with Gasteiger partial charge in [-0.25, -0.2) is 15.0 Å². The predicted molar refractivity (Wildman–Crippen MR) is 91.2 cm³/mol. The number of thiazole rings is 1.